The third-order valence-electron chi connectivity index (χ3n) is 7.41. The van der Waals surface area contributed by atoms with E-state index in [1.807, 2.05) is 22.4 Å². The van der Waals surface area contributed by atoms with Gasteiger partial charge >= 0.3 is 0 Å². The molecule has 2 aromatic carbocycles. The number of nitrogens with zero attached hydrogens (tertiary/aromatic N) is 4. The minimum atomic E-state index is -3.96. The summed E-state index contributed by atoms with van der Waals surface area (Å²) >= 11 is 7.52. The first-order valence-electron chi connectivity index (χ1n) is 12.4. The molecule has 2 aliphatic heterocycles. The van der Waals surface area contributed by atoms with E-state index < -0.39 is 16.1 Å². The molecule has 0 saturated carbocycles. The van der Waals surface area contributed by atoms with E-state index in [1.165, 1.54) is 15.6 Å². The Labute approximate surface area is 221 Å². The molecule has 0 spiro atoms. The molecule has 2 saturated heterocycles. The molecule has 1 atom stereocenters. The molecule has 3 aromatic rings. The van der Waals surface area contributed by atoms with E-state index in [0.29, 0.717) is 29.7 Å². The number of hydrogen-bond acceptors (Lipinski definition) is 6. The van der Waals surface area contributed by atoms with Gasteiger partial charge in [0, 0.05) is 42.1 Å². The molecule has 1 unspecified atom stereocenters. The predicted octanol–water partition coefficient (Wildman–Crippen LogP) is 4.61. The fraction of sp³-hybridized carbons (Fsp3) is 0.462. The number of halogens is 1. The van der Waals surface area contributed by atoms with Gasteiger partial charge in [-0.25, -0.2) is 13.4 Å². The fourth-order valence-corrected chi connectivity index (χ4v) is 7.71. The number of amides is 1. The van der Waals surface area contributed by atoms with Crippen LogP contribution < -0.4 is 0 Å². The number of likely N-dealkylation sites (tertiary alicyclic amines) is 2. The van der Waals surface area contributed by atoms with Gasteiger partial charge in [0.05, 0.1) is 22.6 Å². The van der Waals surface area contributed by atoms with Crippen molar-refractivity contribution in [2.75, 3.05) is 19.6 Å². The maximum absolute atomic E-state index is 14.0. The van der Waals surface area contributed by atoms with Gasteiger partial charge in [-0.2, -0.15) is 4.31 Å². The predicted molar refractivity (Wildman–Crippen MR) is 144 cm³/mol. The van der Waals surface area contributed by atoms with Gasteiger partial charge in [-0.15, -0.1) is 11.3 Å². The number of piperidine rings is 1. The van der Waals surface area contributed by atoms with Crippen LogP contribution in [0, 0.1) is 0 Å². The van der Waals surface area contributed by atoms with Crippen molar-refractivity contribution >= 4 is 49.6 Å². The van der Waals surface area contributed by atoms with Crippen LogP contribution in [0.1, 0.15) is 38.8 Å². The van der Waals surface area contributed by atoms with E-state index in [9.17, 15) is 13.2 Å². The average Bonchev–Trinajstić information content (AvgIpc) is 3.51. The summed E-state index contributed by atoms with van der Waals surface area (Å²) in [6.45, 7) is 6.95. The van der Waals surface area contributed by atoms with Gasteiger partial charge in [0.25, 0.3) is 0 Å². The van der Waals surface area contributed by atoms with Crippen molar-refractivity contribution in [1.29, 1.82) is 0 Å². The van der Waals surface area contributed by atoms with Crippen LogP contribution in [-0.4, -0.2) is 71.2 Å². The summed E-state index contributed by atoms with van der Waals surface area (Å²) in [5, 5.41) is 4.08. The third kappa shape index (κ3) is 5.04. The molecule has 5 rings (SSSR count). The smallest absolute Gasteiger partial charge is 0.244 e. The Balaban J connectivity index is 1.43. The summed E-state index contributed by atoms with van der Waals surface area (Å²) in [6, 6.07) is 10.3. The van der Waals surface area contributed by atoms with Crippen molar-refractivity contribution in [1.82, 2.24) is 19.1 Å². The van der Waals surface area contributed by atoms with Crippen molar-refractivity contribution in [2.45, 2.75) is 62.7 Å². The molecular weight excluding hydrogens is 516 g/mol. The molecule has 192 valence electrons. The maximum Gasteiger partial charge on any atom is 0.244 e. The molecule has 1 aromatic heterocycles. The number of carbonyl (C=O) groups excluding carboxylic acids is 1. The van der Waals surface area contributed by atoms with Gasteiger partial charge in [0.15, 0.2) is 0 Å². The number of hydrogen-bond donors (Lipinski definition) is 0. The van der Waals surface area contributed by atoms with Gasteiger partial charge in [0.2, 0.25) is 15.9 Å². The van der Waals surface area contributed by atoms with Gasteiger partial charge in [0.1, 0.15) is 6.04 Å². The molecular formula is C26H31ClN4O3S2. The first kappa shape index (κ1) is 25.6. The van der Waals surface area contributed by atoms with Crippen LogP contribution in [0.5, 0.6) is 0 Å². The highest BCUT2D eigenvalue weighted by Crippen LogP contribution is 2.32. The molecule has 0 bridgehead atoms. The minimum Gasteiger partial charge on any atom is -0.338 e. The van der Waals surface area contributed by atoms with Crippen molar-refractivity contribution in [3.63, 3.8) is 0 Å². The summed E-state index contributed by atoms with van der Waals surface area (Å²) in [5.41, 5.74) is 2.33. The quantitative estimate of drug-likeness (QED) is 0.432. The monoisotopic (exact) mass is 546 g/mol. The minimum absolute atomic E-state index is 0.0700. The Morgan fingerprint density at radius 2 is 1.81 bits per heavy atom. The first-order chi connectivity index (χ1) is 17.2. The molecule has 2 fully saturated rings. The molecule has 0 radical (unpaired) electrons. The highest BCUT2D eigenvalue weighted by molar-refractivity contribution is 7.89. The Hall–Kier alpha value is -2.04. The zero-order valence-corrected chi connectivity index (χ0v) is 22.9. The lowest BCUT2D eigenvalue weighted by Gasteiger charge is -2.38. The SMILES string of the molecule is CC(C)N1CCC(N2CCC(N(Cc3cscn3)S(=O)(=O)c3ccc4cc(Cl)ccc4c3)C2=O)CC1. The second-order valence-corrected chi connectivity index (χ2v) is 12.9. The number of benzene rings is 2. The Morgan fingerprint density at radius 3 is 2.50 bits per heavy atom. The summed E-state index contributed by atoms with van der Waals surface area (Å²) in [5.74, 6) is -0.0932. The average molecular weight is 547 g/mol. The van der Waals surface area contributed by atoms with Gasteiger partial charge in [-0.1, -0.05) is 23.7 Å². The molecule has 2 aliphatic rings. The molecule has 10 heteroatoms. The largest absolute Gasteiger partial charge is 0.338 e. The number of rotatable bonds is 7. The van der Waals surface area contributed by atoms with Crippen LogP contribution in [0.2, 0.25) is 5.02 Å². The Morgan fingerprint density at radius 1 is 1.08 bits per heavy atom. The lowest BCUT2D eigenvalue weighted by molar-refractivity contribution is -0.133. The Bertz CT molecular complexity index is 1340. The second kappa shape index (κ2) is 10.4. The number of sulfonamides is 1. The van der Waals surface area contributed by atoms with E-state index in [-0.39, 0.29) is 23.4 Å². The van der Waals surface area contributed by atoms with Gasteiger partial charge < -0.3 is 9.80 Å². The van der Waals surface area contributed by atoms with E-state index >= 15 is 0 Å². The van der Waals surface area contributed by atoms with Crippen LogP contribution in [0.25, 0.3) is 10.8 Å². The second-order valence-electron chi connectivity index (χ2n) is 9.88. The van der Waals surface area contributed by atoms with Crippen LogP contribution >= 0.6 is 22.9 Å². The van der Waals surface area contributed by atoms with E-state index in [2.05, 4.69) is 23.7 Å². The van der Waals surface area contributed by atoms with E-state index in [0.717, 1.165) is 36.7 Å². The topological polar surface area (TPSA) is 73.8 Å². The van der Waals surface area contributed by atoms with Gasteiger partial charge in [-0.3, -0.25) is 4.79 Å². The summed E-state index contributed by atoms with van der Waals surface area (Å²) in [6.07, 6.45) is 2.32. The summed E-state index contributed by atoms with van der Waals surface area (Å²) < 4.78 is 29.4. The standard InChI is InChI=1S/C26H31ClN4O3S2/c1-18(2)29-10-7-23(8-11-29)30-12-9-25(26(30)32)31(15-22-16-35-17-28-22)36(33,34)24-6-4-19-13-21(27)5-3-20(19)14-24/h3-6,13-14,16-18,23,25H,7-12,15H2,1-2H3. The molecule has 3 heterocycles. The highest BCUT2D eigenvalue weighted by atomic mass is 35.5. The number of thiazole rings is 1. The normalized spacial score (nSPS) is 20.3. The van der Waals surface area contributed by atoms with E-state index in [1.54, 1.807) is 29.8 Å². The van der Waals surface area contributed by atoms with Gasteiger partial charge in [-0.05, 0) is 68.1 Å². The number of fused-ring (bicyclic) bond motifs is 1. The van der Waals surface area contributed by atoms with Crippen molar-refractivity contribution in [2.24, 2.45) is 0 Å². The Kier molecular flexibility index (Phi) is 7.38. The zero-order chi connectivity index (χ0) is 25.4. The number of aromatic nitrogens is 1. The van der Waals surface area contributed by atoms with Crippen LogP contribution in [0.15, 0.2) is 52.2 Å². The van der Waals surface area contributed by atoms with Crippen molar-refractivity contribution < 1.29 is 13.2 Å². The summed E-state index contributed by atoms with van der Waals surface area (Å²) in [4.78, 5) is 22.5. The molecule has 1 amide bonds. The lowest BCUT2D eigenvalue weighted by atomic mass is 10.0. The van der Waals surface area contributed by atoms with Crippen molar-refractivity contribution in [3.8, 4) is 0 Å². The van der Waals surface area contributed by atoms with Crippen LogP contribution in [0.3, 0.4) is 0 Å². The third-order valence-corrected chi connectivity index (χ3v) is 10.1. The number of carbonyl (C=O) groups is 1. The van der Waals surface area contributed by atoms with Crippen molar-refractivity contribution in [3.05, 3.63) is 58.0 Å². The highest BCUT2D eigenvalue weighted by Gasteiger charge is 2.44. The van der Waals surface area contributed by atoms with E-state index in [4.69, 9.17) is 11.6 Å². The molecule has 7 nitrogen and oxygen atoms in total. The first-order valence-corrected chi connectivity index (χ1v) is 15.1. The molecule has 0 aliphatic carbocycles. The van der Waals surface area contributed by atoms with Crippen LogP contribution in [-0.2, 0) is 21.4 Å². The maximum atomic E-state index is 14.0. The molecule has 36 heavy (non-hydrogen) atoms. The fourth-order valence-electron chi connectivity index (χ4n) is 5.36. The van der Waals surface area contributed by atoms with Crippen LogP contribution in [0.4, 0.5) is 0 Å². The zero-order valence-electron chi connectivity index (χ0n) is 20.5. The molecule has 0 N–H and O–H groups in total. The summed E-state index contributed by atoms with van der Waals surface area (Å²) in [7, 11) is -3.96. The lowest BCUT2D eigenvalue weighted by Crippen LogP contribution is -2.50.